The van der Waals surface area contributed by atoms with Crippen LogP contribution in [0, 0.1) is 0 Å². The molecule has 0 saturated heterocycles. The smallest absolute Gasteiger partial charge is 0.321 e. The van der Waals surface area contributed by atoms with E-state index in [-0.39, 0.29) is 5.91 Å². The number of carboxylic acids is 3. The molecule has 1 aromatic rings. The van der Waals surface area contributed by atoms with E-state index < -0.39 is 36.5 Å². The van der Waals surface area contributed by atoms with E-state index >= 15 is 0 Å². The van der Waals surface area contributed by atoms with Crippen molar-refractivity contribution in [3.05, 3.63) is 18.2 Å². The molecule has 15 heteroatoms. The van der Waals surface area contributed by atoms with Crippen LogP contribution in [0.5, 0.6) is 0 Å². The number of carboxylic acid groups (broad SMARTS) is 3. The van der Waals surface area contributed by atoms with Crippen molar-refractivity contribution in [1.82, 2.24) is 20.2 Å². The lowest BCUT2D eigenvalue weighted by molar-refractivity contribution is -0.139. The van der Waals surface area contributed by atoms with Crippen LogP contribution < -0.4 is 16.8 Å². The number of hydrogen-bond donors (Lipinski definition) is 8. The van der Waals surface area contributed by atoms with Gasteiger partial charge in [0.25, 0.3) is 5.97 Å². The summed E-state index contributed by atoms with van der Waals surface area (Å²) in [4.78, 5) is 56.4. The Hall–Kier alpha value is -3.56. The minimum Gasteiger partial charge on any atom is -0.481 e. The van der Waals surface area contributed by atoms with Gasteiger partial charge in [0.15, 0.2) is 0 Å². The first-order valence-electron chi connectivity index (χ1n) is 10.0. The Bertz CT molecular complexity index is 645. The molecule has 0 aliphatic carbocycles. The third-order valence-electron chi connectivity index (χ3n) is 2.25. The Morgan fingerprint density at radius 3 is 1.60 bits per heavy atom. The monoisotopic (exact) mass is 510 g/mol. The first kappa shape index (κ1) is 41.7. The third-order valence-corrected chi connectivity index (χ3v) is 2.25. The van der Waals surface area contributed by atoms with Crippen LogP contribution in [0.3, 0.4) is 0 Å². The van der Waals surface area contributed by atoms with E-state index in [1.807, 2.05) is 33.0 Å². The molecule has 2 amide bonds. The molecular weight excluding hydrogens is 468 g/mol. The second-order valence-electron chi connectivity index (χ2n) is 6.70. The SMILES string of the molecule is CC(=O)O.CC(N)=O.CCCC(=O)O.CN(C)C.CNC(Cc1cnc[nH]1)C(=O)O.NC(=O)CO. The van der Waals surface area contributed by atoms with Crippen molar-refractivity contribution in [2.45, 2.75) is 46.1 Å². The van der Waals surface area contributed by atoms with E-state index in [0.29, 0.717) is 12.8 Å². The number of carbonyl (C=O) groups is 5. The molecule has 1 atom stereocenters. The lowest BCUT2D eigenvalue weighted by Gasteiger charge is -2.08. The number of amides is 2. The molecule has 0 aliphatic rings. The molecule has 0 bridgehead atoms. The second-order valence-corrected chi connectivity index (χ2v) is 6.70. The Morgan fingerprint density at radius 2 is 1.46 bits per heavy atom. The van der Waals surface area contributed by atoms with E-state index in [4.69, 9.17) is 25.2 Å². The van der Waals surface area contributed by atoms with Crippen LogP contribution in [0.2, 0.25) is 0 Å². The van der Waals surface area contributed by atoms with Gasteiger partial charge in [-0.3, -0.25) is 24.0 Å². The molecule has 0 spiro atoms. The summed E-state index contributed by atoms with van der Waals surface area (Å²) >= 11 is 0. The van der Waals surface area contributed by atoms with E-state index in [1.54, 1.807) is 13.2 Å². The third kappa shape index (κ3) is 72.4. The van der Waals surface area contributed by atoms with Crippen molar-refractivity contribution in [3.8, 4) is 0 Å². The average Bonchev–Trinajstić information content (AvgIpc) is 3.18. The van der Waals surface area contributed by atoms with Crippen LogP contribution >= 0.6 is 0 Å². The fourth-order valence-electron chi connectivity index (χ4n) is 1.14. The molecule has 206 valence electrons. The Morgan fingerprint density at radius 1 is 1.09 bits per heavy atom. The molecule has 15 nitrogen and oxygen atoms in total. The second kappa shape index (κ2) is 30.4. The Labute approximate surface area is 205 Å². The number of rotatable bonds is 7. The maximum Gasteiger partial charge on any atom is 0.321 e. The number of likely N-dealkylation sites (N-methyl/N-ethyl adjacent to an activating group) is 1. The highest BCUT2D eigenvalue weighted by Crippen LogP contribution is 1.97. The van der Waals surface area contributed by atoms with Crippen LogP contribution in [0.1, 0.15) is 39.3 Å². The van der Waals surface area contributed by atoms with Crippen LogP contribution in [0.15, 0.2) is 12.5 Å². The van der Waals surface area contributed by atoms with E-state index in [9.17, 15) is 19.2 Å². The van der Waals surface area contributed by atoms with Gasteiger partial charge < -0.3 is 47.1 Å². The van der Waals surface area contributed by atoms with Crippen molar-refractivity contribution in [2.24, 2.45) is 11.5 Å². The van der Waals surface area contributed by atoms with Gasteiger partial charge in [-0.25, -0.2) is 4.98 Å². The molecule has 1 heterocycles. The summed E-state index contributed by atoms with van der Waals surface area (Å²) in [5.74, 6) is -3.42. The van der Waals surface area contributed by atoms with Crippen LogP contribution in [-0.2, 0) is 30.4 Å². The number of aromatic nitrogens is 2. The zero-order valence-electron chi connectivity index (χ0n) is 21.4. The van der Waals surface area contributed by atoms with Gasteiger partial charge in [0, 0.05) is 38.6 Å². The predicted molar refractivity (Wildman–Crippen MR) is 129 cm³/mol. The minimum absolute atomic E-state index is 0.292. The fraction of sp³-hybridized carbons (Fsp3) is 0.600. The quantitative estimate of drug-likeness (QED) is 0.213. The Balaban J connectivity index is -0.000000112. The number of aliphatic hydroxyl groups excluding tert-OH is 1. The van der Waals surface area contributed by atoms with Gasteiger partial charge in [-0.2, -0.15) is 0 Å². The number of aliphatic carboxylic acids is 3. The number of aromatic amines is 1. The summed E-state index contributed by atoms with van der Waals surface area (Å²) in [6.45, 7) is 3.67. The fourth-order valence-corrected chi connectivity index (χ4v) is 1.14. The highest BCUT2D eigenvalue weighted by molar-refractivity contribution is 5.74. The molecular formula is C20H42N6O9. The number of nitrogens with zero attached hydrogens (tertiary/aromatic N) is 2. The van der Waals surface area contributed by atoms with Gasteiger partial charge in [-0.15, -0.1) is 0 Å². The van der Waals surface area contributed by atoms with Gasteiger partial charge in [0.1, 0.15) is 12.6 Å². The normalized spacial score (nSPS) is 9.29. The summed E-state index contributed by atoms with van der Waals surface area (Å²) < 4.78 is 0. The van der Waals surface area contributed by atoms with E-state index in [2.05, 4.69) is 26.8 Å². The van der Waals surface area contributed by atoms with Crippen molar-refractivity contribution in [1.29, 1.82) is 0 Å². The molecule has 0 aliphatic heterocycles. The molecule has 0 aromatic carbocycles. The van der Waals surface area contributed by atoms with Crippen LogP contribution in [0.4, 0.5) is 0 Å². The van der Waals surface area contributed by atoms with Crippen molar-refractivity contribution in [3.63, 3.8) is 0 Å². The van der Waals surface area contributed by atoms with Gasteiger partial charge in [-0.1, -0.05) is 6.92 Å². The molecule has 1 aromatic heterocycles. The maximum absolute atomic E-state index is 10.6. The van der Waals surface area contributed by atoms with E-state index in [0.717, 1.165) is 19.0 Å². The molecule has 0 fully saturated rings. The highest BCUT2D eigenvalue weighted by atomic mass is 16.4. The molecule has 35 heavy (non-hydrogen) atoms. The predicted octanol–water partition coefficient (Wildman–Crippen LogP) is -1.28. The van der Waals surface area contributed by atoms with Crippen LogP contribution in [0.25, 0.3) is 0 Å². The minimum atomic E-state index is -0.855. The number of H-pyrrole nitrogens is 1. The first-order chi connectivity index (χ1) is 16.0. The molecule has 0 radical (unpaired) electrons. The van der Waals surface area contributed by atoms with Gasteiger partial charge in [0.2, 0.25) is 11.8 Å². The summed E-state index contributed by atoms with van der Waals surface area (Å²) in [6.07, 6.45) is 4.60. The van der Waals surface area contributed by atoms with E-state index in [1.165, 1.54) is 13.3 Å². The standard InChI is InChI=1S/C7H11N3O2.C4H8O2.C3H9N.C2H5NO2.C2H5NO.C2H4O2/c1-8-6(7(11)12)2-5-3-9-4-10-5;1-2-3-4(5)6;1-4(2)3;3-2(5)1-4;2*1-2(3)4/h3-4,6,8H,2H2,1H3,(H,9,10)(H,11,12);2-3H2,1H3,(H,5,6);1-3H3;4H,1H2,(H2,3,5);1H3,(H2,3,4);1H3,(H,3,4). The molecule has 1 unspecified atom stereocenters. The number of nitrogens with one attached hydrogen (secondary N) is 2. The summed E-state index contributed by atoms with van der Waals surface area (Å²) in [5, 5.41) is 34.4. The number of nitrogens with two attached hydrogens (primary N) is 2. The molecule has 0 saturated carbocycles. The van der Waals surface area contributed by atoms with Crippen molar-refractivity contribution in [2.75, 3.05) is 34.8 Å². The number of aliphatic hydroxyl groups is 1. The number of primary amides is 2. The lowest BCUT2D eigenvalue weighted by atomic mass is 10.2. The van der Waals surface area contributed by atoms with Crippen LogP contribution in [-0.4, -0.2) is 106 Å². The Kier molecular flexibility index (Phi) is 36.2. The number of hydrogen-bond acceptors (Lipinski definition) is 9. The van der Waals surface area contributed by atoms with Crippen molar-refractivity contribution >= 4 is 29.7 Å². The lowest BCUT2D eigenvalue weighted by Crippen LogP contribution is -2.35. The largest absolute Gasteiger partial charge is 0.481 e. The first-order valence-corrected chi connectivity index (χ1v) is 10.0. The molecule has 10 N–H and O–H groups in total. The summed E-state index contributed by atoms with van der Waals surface area (Å²) in [6, 6.07) is -0.551. The van der Waals surface area contributed by atoms with Crippen molar-refractivity contribution < 1.29 is 44.4 Å². The zero-order valence-corrected chi connectivity index (χ0v) is 21.4. The number of imidazole rings is 1. The topological polar surface area (TPSA) is 262 Å². The average molecular weight is 511 g/mol. The summed E-state index contributed by atoms with van der Waals surface area (Å²) in [7, 11) is 7.62. The summed E-state index contributed by atoms with van der Waals surface area (Å²) in [5.41, 5.74) is 9.69. The maximum atomic E-state index is 10.6. The highest BCUT2D eigenvalue weighted by Gasteiger charge is 2.15. The molecule has 1 rings (SSSR count). The zero-order chi connectivity index (χ0) is 29.0. The number of carbonyl (C=O) groups excluding carboxylic acids is 2. The van der Waals surface area contributed by atoms with Gasteiger partial charge in [0.05, 0.1) is 6.33 Å². The van der Waals surface area contributed by atoms with Gasteiger partial charge in [-0.05, 0) is 34.6 Å². The van der Waals surface area contributed by atoms with Gasteiger partial charge >= 0.3 is 11.9 Å².